The molecule has 0 radical (unpaired) electrons. The van der Waals surface area contributed by atoms with Crippen molar-refractivity contribution in [1.29, 1.82) is 0 Å². The van der Waals surface area contributed by atoms with Crippen LogP contribution in [-0.4, -0.2) is 44.3 Å². The number of rotatable bonds is 22. The molecule has 0 spiro atoms. The predicted octanol–water partition coefficient (Wildman–Crippen LogP) is 7.99. The maximum Gasteiger partial charge on any atom is 0.343 e. The minimum absolute atomic E-state index is 0.350. The first-order chi connectivity index (χ1) is 23.3. The van der Waals surface area contributed by atoms with Crippen molar-refractivity contribution in [2.75, 3.05) is 26.4 Å². The van der Waals surface area contributed by atoms with E-state index in [9.17, 15) is 14.4 Å². The van der Waals surface area contributed by atoms with Gasteiger partial charge < -0.3 is 28.4 Å². The van der Waals surface area contributed by atoms with Gasteiger partial charge in [0, 0.05) is 11.6 Å². The Bertz CT molecular complexity index is 1470. The number of esters is 3. The van der Waals surface area contributed by atoms with Crippen molar-refractivity contribution >= 4 is 17.9 Å². The molecular weight excluding hydrogens is 612 g/mol. The topological polar surface area (TPSA) is 107 Å². The standard InChI is InChI=1S/C39H44O9/c1-4-37(40)45-27-11-7-5-9-25-43-33-17-13-31(14-18-33)29-47-35-21-23-36(24-22-35)48-39(42)32-15-19-34(20-16-32)44-26-10-6-8-12-28-46-38(41)30(2)3/h4-5,9,13-24H,1-2,6-8,10-12,25-29H2,3H3/b9-5+. The van der Waals surface area contributed by atoms with E-state index in [-0.39, 0.29) is 5.97 Å². The molecule has 3 aromatic carbocycles. The van der Waals surface area contributed by atoms with Gasteiger partial charge in [0.25, 0.3) is 0 Å². The molecular formula is C39H44O9. The Morgan fingerprint density at radius 3 is 1.92 bits per heavy atom. The molecule has 0 aliphatic carbocycles. The van der Waals surface area contributed by atoms with E-state index in [1.807, 2.05) is 36.4 Å². The highest BCUT2D eigenvalue weighted by atomic mass is 16.5. The van der Waals surface area contributed by atoms with Crippen molar-refractivity contribution in [3.63, 3.8) is 0 Å². The van der Waals surface area contributed by atoms with Crippen LogP contribution in [0.15, 0.2) is 110 Å². The Morgan fingerprint density at radius 1 is 0.646 bits per heavy atom. The van der Waals surface area contributed by atoms with Crippen LogP contribution in [0.4, 0.5) is 0 Å². The third-order valence-electron chi connectivity index (χ3n) is 6.78. The number of ether oxygens (including phenoxy) is 6. The van der Waals surface area contributed by atoms with Crippen molar-refractivity contribution in [3.8, 4) is 23.0 Å². The lowest BCUT2D eigenvalue weighted by Gasteiger charge is -2.10. The summed E-state index contributed by atoms with van der Waals surface area (Å²) in [5.74, 6) is 1.26. The molecule has 0 fully saturated rings. The van der Waals surface area contributed by atoms with Gasteiger partial charge in [0.15, 0.2) is 0 Å². The lowest BCUT2D eigenvalue weighted by atomic mass is 10.2. The third-order valence-corrected chi connectivity index (χ3v) is 6.78. The van der Waals surface area contributed by atoms with E-state index in [1.54, 1.807) is 55.5 Å². The fourth-order valence-corrected chi connectivity index (χ4v) is 4.10. The fourth-order valence-electron chi connectivity index (χ4n) is 4.10. The van der Waals surface area contributed by atoms with E-state index >= 15 is 0 Å². The summed E-state index contributed by atoms with van der Waals surface area (Å²) in [5, 5.41) is 0. The van der Waals surface area contributed by atoms with Gasteiger partial charge in [0.1, 0.15) is 36.2 Å². The van der Waals surface area contributed by atoms with E-state index < -0.39 is 11.9 Å². The summed E-state index contributed by atoms with van der Waals surface area (Å²) in [6, 6.07) is 21.4. The molecule has 0 aliphatic heterocycles. The average molecular weight is 657 g/mol. The number of hydrogen-bond donors (Lipinski definition) is 0. The summed E-state index contributed by atoms with van der Waals surface area (Å²) in [6.45, 7) is 10.7. The smallest absolute Gasteiger partial charge is 0.343 e. The van der Waals surface area contributed by atoms with Gasteiger partial charge in [-0.15, -0.1) is 0 Å². The second-order valence-corrected chi connectivity index (χ2v) is 10.8. The van der Waals surface area contributed by atoms with E-state index in [0.717, 1.165) is 55.9 Å². The van der Waals surface area contributed by atoms with Crippen LogP contribution in [0.25, 0.3) is 0 Å². The maximum atomic E-state index is 12.6. The Kier molecular flexibility index (Phi) is 16.6. The lowest BCUT2D eigenvalue weighted by Crippen LogP contribution is -2.08. The molecule has 3 rings (SSSR count). The van der Waals surface area contributed by atoms with Crippen LogP contribution >= 0.6 is 0 Å². The Balaban J connectivity index is 1.29. The van der Waals surface area contributed by atoms with Crippen LogP contribution in [-0.2, 0) is 25.7 Å². The van der Waals surface area contributed by atoms with E-state index in [1.165, 1.54) is 0 Å². The molecule has 0 saturated heterocycles. The average Bonchev–Trinajstić information content (AvgIpc) is 3.10. The number of carbonyl (C=O) groups excluding carboxylic acids is 3. The van der Waals surface area contributed by atoms with Gasteiger partial charge in [-0.1, -0.05) is 37.4 Å². The second kappa shape index (κ2) is 21.5. The number of carbonyl (C=O) groups is 3. The summed E-state index contributed by atoms with van der Waals surface area (Å²) in [5.41, 5.74) is 1.81. The quantitative estimate of drug-likeness (QED) is 0.0350. The van der Waals surface area contributed by atoms with Gasteiger partial charge in [0.05, 0.1) is 25.4 Å². The van der Waals surface area contributed by atoms with Crippen LogP contribution < -0.4 is 18.9 Å². The van der Waals surface area contributed by atoms with Gasteiger partial charge in [-0.2, -0.15) is 0 Å². The first-order valence-electron chi connectivity index (χ1n) is 16.0. The fraction of sp³-hybridized carbons (Fsp3) is 0.308. The molecule has 0 heterocycles. The first-order valence-corrected chi connectivity index (χ1v) is 16.0. The van der Waals surface area contributed by atoms with E-state index in [0.29, 0.717) is 61.4 Å². The number of benzene rings is 3. The van der Waals surface area contributed by atoms with Crippen molar-refractivity contribution < 1.29 is 42.8 Å². The maximum absolute atomic E-state index is 12.6. The zero-order valence-electron chi connectivity index (χ0n) is 27.5. The predicted molar refractivity (Wildman–Crippen MR) is 183 cm³/mol. The number of allylic oxidation sites excluding steroid dienone is 1. The van der Waals surface area contributed by atoms with E-state index in [2.05, 4.69) is 13.2 Å². The third kappa shape index (κ3) is 14.9. The molecule has 0 amide bonds. The van der Waals surface area contributed by atoms with Gasteiger partial charge >= 0.3 is 17.9 Å². The number of unbranched alkanes of at least 4 members (excludes halogenated alkanes) is 4. The van der Waals surface area contributed by atoms with Crippen LogP contribution in [0.3, 0.4) is 0 Å². The highest BCUT2D eigenvalue weighted by Crippen LogP contribution is 2.21. The van der Waals surface area contributed by atoms with Crippen LogP contribution in [0.2, 0.25) is 0 Å². The number of hydrogen-bond acceptors (Lipinski definition) is 9. The van der Waals surface area contributed by atoms with Gasteiger partial charge in [-0.05, 0) is 112 Å². The Morgan fingerprint density at radius 2 is 1.23 bits per heavy atom. The summed E-state index contributed by atoms with van der Waals surface area (Å²) < 4.78 is 32.9. The molecule has 48 heavy (non-hydrogen) atoms. The molecule has 0 aromatic heterocycles. The molecule has 0 atom stereocenters. The molecule has 0 unspecified atom stereocenters. The van der Waals surface area contributed by atoms with Crippen LogP contribution in [0.5, 0.6) is 23.0 Å². The van der Waals surface area contributed by atoms with Gasteiger partial charge in [-0.25, -0.2) is 14.4 Å². The Labute approximate surface area is 282 Å². The zero-order valence-corrected chi connectivity index (χ0v) is 27.5. The molecule has 0 N–H and O–H groups in total. The van der Waals surface area contributed by atoms with Gasteiger partial charge in [-0.3, -0.25) is 0 Å². The highest BCUT2D eigenvalue weighted by Gasteiger charge is 2.10. The SMILES string of the molecule is C=CC(=O)OCCC/C=C/COc1ccc(COc2ccc(OC(=O)c3ccc(OCCCCCCOC(=O)C(=C)C)cc3)cc2)cc1. The largest absolute Gasteiger partial charge is 0.494 e. The second-order valence-electron chi connectivity index (χ2n) is 10.8. The Hall–Kier alpha value is -5.31. The van der Waals surface area contributed by atoms with Crippen molar-refractivity contribution in [3.05, 3.63) is 121 Å². The molecule has 3 aromatic rings. The van der Waals surface area contributed by atoms with Crippen molar-refractivity contribution in [1.82, 2.24) is 0 Å². The monoisotopic (exact) mass is 656 g/mol. The minimum atomic E-state index is -0.466. The van der Waals surface area contributed by atoms with Crippen LogP contribution in [0.1, 0.15) is 61.4 Å². The van der Waals surface area contributed by atoms with E-state index in [4.69, 9.17) is 28.4 Å². The van der Waals surface area contributed by atoms with Crippen LogP contribution in [0, 0.1) is 0 Å². The molecule has 9 heteroatoms. The molecule has 9 nitrogen and oxygen atoms in total. The highest BCUT2D eigenvalue weighted by molar-refractivity contribution is 5.91. The summed E-state index contributed by atoms with van der Waals surface area (Å²) in [6.07, 6.45) is 10.2. The minimum Gasteiger partial charge on any atom is -0.494 e. The lowest BCUT2D eigenvalue weighted by molar-refractivity contribution is -0.139. The summed E-state index contributed by atoms with van der Waals surface area (Å²) in [7, 11) is 0. The zero-order chi connectivity index (χ0) is 34.4. The summed E-state index contributed by atoms with van der Waals surface area (Å²) in [4.78, 5) is 34.9. The molecule has 0 saturated carbocycles. The summed E-state index contributed by atoms with van der Waals surface area (Å²) >= 11 is 0. The van der Waals surface area contributed by atoms with Crippen molar-refractivity contribution in [2.45, 2.75) is 52.1 Å². The van der Waals surface area contributed by atoms with Crippen molar-refractivity contribution in [2.24, 2.45) is 0 Å². The normalized spacial score (nSPS) is 10.6. The molecule has 254 valence electrons. The molecule has 0 aliphatic rings. The van der Waals surface area contributed by atoms with Gasteiger partial charge in [0.2, 0.25) is 0 Å². The first kappa shape index (κ1) is 37.2. The molecule has 0 bridgehead atoms.